The smallest absolute Gasteiger partial charge is 0.270 e. The molecule has 0 unspecified atom stereocenters. The summed E-state index contributed by atoms with van der Waals surface area (Å²) >= 11 is 1.48. The number of para-hydroxylation sites is 2. The fourth-order valence-electron chi connectivity index (χ4n) is 2.15. The Hall–Kier alpha value is -2.87. The van der Waals surface area contributed by atoms with E-state index in [1.165, 1.54) is 23.9 Å². The molecule has 0 atom stereocenters. The van der Waals surface area contributed by atoms with Crippen LogP contribution >= 0.6 is 11.8 Å². The average molecular weight is 342 g/mol. The Morgan fingerprint density at radius 2 is 2.12 bits per heavy atom. The van der Waals surface area contributed by atoms with Crippen molar-refractivity contribution in [1.29, 1.82) is 0 Å². The van der Waals surface area contributed by atoms with E-state index in [2.05, 4.69) is 15.5 Å². The Kier molecular flexibility index (Phi) is 4.76. The summed E-state index contributed by atoms with van der Waals surface area (Å²) in [4.78, 5) is 14.9. The summed E-state index contributed by atoms with van der Waals surface area (Å²) in [6, 6.07) is 13.9. The van der Waals surface area contributed by atoms with Gasteiger partial charge >= 0.3 is 0 Å². The van der Waals surface area contributed by atoms with E-state index >= 15 is 0 Å². The lowest BCUT2D eigenvalue weighted by atomic mass is 10.1. The summed E-state index contributed by atoms with van der Waals surface area (Å²) in [5.74, 6) is 1.25. The van der Waals surface area contributed by atoms with Crippen LogP contribution in [0.15, 0.2) is 58.6 Å². The van der Waals surface area contributed by atoms with Gasteiger partial charge in [0.1, 0.15) is 11.4 Å². The molecule has 0 saturated carbocycles. The highest BCUT2D eigenvalue weighted by molar-refractivity contribution is 8.14. The van der Waals surface area contributed by atoms with Crippen molar-refractivity contribution in [2.75, 3.05) is 12.9 Å². The predicted octanol–water partition coefficient (Wildman–Crippen LogP) is 3.33. The number of thioether (sulfide) groups is 1. The first kappa shape index (κ1) is 16.0. The van der Waals surface area contributed by atoms with Gasteiger partial charge in [-0.05, 0) is 12.1 Å². The first-order chi connectivity index (χ1) is 11.7. The highest BCUT2D eigenvalue weighted by atomic mass is 32.2. The lowest BCUT2D eigenvalue weighted by Gasteiger charge is -2.15. The molecular formula is C16H14N4O3S. The number of amidine groups is 1. The van der Waals surface area contributed by atoms with Crippen LogP contribution in [-0.4, -0.2) is 28.7 Å². The zero-order valence-electron chi connectivity index (χ0n) is 12.8. The van der Waals surface area contributed by atoms with Crippen LogP contribution in [0.1, 0.15) is 5.56 Å². The molecule has 0 fully saturated rings. The predicted molar refractivity (Wildman–Crippen MR) is 95.3 cm³/mol. The number of nitrogens with zero attached hydrogens (tertiary/aromatic N) is 3. The van der Waals surface area contributed by atoms with Gasteiger partial charge in [0.25, 0.3) is 5.69 Å². The monoisotopic (exact) mass is 342 g/mol. The standard InChI is InChI=1S/C16H14N4O3S/c1-23-15-8-3-2-7-13(15)17-16-19-18-14(10-24-16)11-5-4-6-12(9-11)20(21)22/h2-9H,10H2,1H3,(H,17,19). The Morgan fingerprint density at radius 1 is 1.29 bits per heavy atom. The molecule has 0 aliphatic carbocycles. The molecule has 0 aromatic heterocycles. The number of ether oxygens (including phenoxy) is 1. The molecular weight excluding hydrogens is 328 g/mol. The van der Waals surface area contributed by atoms with Gasteiger partial charge < -0.3 is 4.74 Å². The van der Waals surface area contributed by atoms with Crippen molar-refractivity contribution in [1.82, 2.24) is 5.43 Å². The van der Waals surface area contributed by atoms with Crippen molar-refractivity contribution >= 4 is 34.0 Å². The average Bonchev–Trinajstić information content (AvgIpc) is 2.63. The van der Waals surface area contributed by atoms with Crippen LogP contribution in [0.4, 0.5) is 11.4 Å². The Morgan fingerprint density at radius 3 is 2.83 bits per heavy atom. The van der Waals surface area contributed by atoms with Crippen molar-refractivity contribution in [2.24, 2.45) is 10.1 Å². The molecule has 2 aromatic carbocycles. The molecule has 0 radical (unpaired) electrons. The van der Waals surface area contributed by atoms with Crippen molar-refractivity contribution in [3.63, 3.8) is 0 Å². The molecule has 0 spiro atoms. The first-order valence-electron chi connectivity index (χ1n) is 7.09. The Labute approximate surface area is 142 Å². The zero-order chi connectivity index (χ0) is 16.9. The minimum atomic E-state index is -0.415. The number of methoxy groups -OCH3 is 1. The largest absolute Gasteiger partial charge is 0.494 e. The Bertz CT molecular complexity index is 836. The SMILES string of the molecule is COc1ccccc1N=C1NN=C(c2cccc([N+](=O)[O-])c2)CS1. The molecule has 3 rings (SSSR count). The topological polar surface area (TPSA) is 89.1 Å². The minimum Gasteiger partial charge on any atom is -0.494 e. The second kappa shape index (κ2) is 7.14. The van der Waals surface area contributed by atoms with E-state index < -0.39 is 4.92 Å². The van der Waals surface area contributed by atoms with Crippen molar-refractivity contribution in [3.05, 3.63) is 64.2 Å². The number of nitrogens with one attached hydrogen (secondary N) is 1. The highest BCUT2D eigenvalue weighted by Gasteiger charge is 2.16. The summed E-state index contributed by atoms with van der Waals surface area (Å²) in [5, 5.41) is 15.8. The first-order valence-corrected chi connectivity index (χ1v) is 8.08. The lowest BCUT2D eigenvalue weighted by molar-refractivity contribution is -0.384. The molecule has 1 heterocycles. The van der Waals surface area contributed by atoms with Crippen LogP contribution in [0.2, 0.25) is 0 Å². The molecule has 7 nitrogen and oxygen atoms in total. The van der Waals surface area contributed by atoms with Crippen LogP contribution in [0.3, 0.4) is 0 Å². The molecule has 1 N–H and O–H groups in total. The van der Waals surface area contributed by atoms with E-state index in [1.807, 2.05) is 24.3 Å². The molecule has 2 aromatic rings. The van der Waals surface area contributed by atoms with Crippen LogP contribution in [0, 0.1) is 10.1 Å². The summed E-state index contributed by atoms with van der Waals surface area (Å²) in [5.41, 5.74) is 5.11. The van der Waals surface area contributed by atoms with Crippen LogP contribution in [0.25, 0.3) is 0 Å². The van der Waals surface area contributed by atoms with Gasteiger partial charge in [-0.15, -0.1) is 0 Å². The molecule has 1 aliphatic rings. The van der Waals surface area contributed by atoms with E-state index in [0.29, 0.717) is 22.4 Å². The molecule has 0 saturated heterocycles. The quantitative estimate of drug-likeness (QED) is 0.680. The van der Waals surface area contributed by atoms with Gasteiger partial charge in [0.05, 0.1) is 17.7 Å². The molecule has 0 amide bonds. The van der Waals surface area contributed by atoms with Gasteiger partial charge in [0.2, 0.25) is 0 Å². The zero-order valence-corrected chi connectivity index (χ0v) is 13.6. The summed E-state index contributed by atoms with van der Waals surface area (Å²) in [6.45, 7) is 0. The number of hydrogen-bond donors (Lipinski definition) is 1. The molecule has 24 heavy (non-hydrogen) atoms. The normalized spacial score (nSPS) is 15.5. The fourth-order valence-corrected chi connectivity index (χ4v) is 2.93. The maximum atomic E-state index is 10.9. The van der Waals surface area contributed by atoms with Crippen LogP contribution in [-0.2, 0) is 0 Å². The van der Waals surface area contributed by atoms with Gasteiger partial charge in [0.15, 0.2) is 5.17 Å². The molecule has 8 heteroatoms. The number of aliphatic imine (C=N–C) groups is 1. The van der Waals surface area contributed by atoms with Crippen LogP contribution in [0.5, 0.6) is 5.75 Å². The molecule has 1 aliphatic heterocycles. The maximum absolute atomic E-state index is 10.9. The minimum absolute atomic E-state index is 0.0497. The summed E-state index contributed by atoms with van der Waals surface area (Å²) in [7, 11) is 1.60. The van der Waals surface area contributed by atoms with E-state index in [9.17, 15) is 10.1 Å². The van der Waals surface area contributed by atoms with Gasteiger partial charge in [-0.3, -0.25) is 15.5 Å². The number of hydrogen-bond acceptors (Lipinski definition) is 6. The number of nitro groups is 1. The second-order valence-corrected chi connectivity index (χ2v) is 5.82. The fraction of sp³-hybridized carbons (Fsp3) is 0.125. The van der Waals surface area contributed by atoms with E-state index in [4.69, 9.17) is 4.74 Å². The summed E-state index contributed by atoms with van der Waals surface area (Å²) < 4.78 is 5.27. The van der Waals surface area contributed by atoms with E-state index in [0.717, 1.165) is 11.3 Å². The van der Waals surface area contributed by atoms with Crippen molar-refractivity contribution in [3.8, 4) is 5.75 Å². The number of nitro benzene ring substituents is 1. The molecule has 122 valence electrons. The number of benzene rings is 2. The molecule has 0 bridgehead atoms. The van der Waals surface area contributed by atoms with Crippen molar-refractivity contribution < 1.29 is 9.66 Å². The van der Waals surface area contributed by atoms with Gasteiger partial charge in [-0.25, -0.2) is 4.99 Å². The second-order valence-electron chi connectivity index (χ2n) is 4.86. The number of non-ortho nitro benzene ring substituents is 1. The number of hydrazone groups is 1. The maximum Gasteiger partial charge on any atom is 0.270 e. The van der Waals surface area contributed by atoms with Crippen LogP contribution < -0.4 is 10.2 Å². The van der Waals surface area contributed by atoms with Gasteiger partial charge in [-0.2, -0.15) is 5.10 Å². The van der Waals surface area contributed by atoms with E-state index in [-0.39, 0.29) is 5.69 Å². The summed E-state index contributed by atoms with van der Waals surface area (Å²) in [6.07, 6.45) is 0. The highest BCUT2D eigenvalue weighted by Crippen LogP contribution is 2.28. The lowest BCUT2D eigenvalue weighted by Crippen LogP contribution is -2.25. The van der Waals surface area contributed by atoms with E-state index in [1.54, 1.807) is 19.2 Å². The van der Waals surface area contributed by atoms with Gasteiger partial charge in [-0.1, -0.05) is 36.0 Å². The van der Waals surface area contributed by atoms with Gasteiger partial charge in [0, 0.05) is 23.4 Å². The van der Waals surface area contributed by atoms with Crippen molar-refractivity contribution in [2.45, 2.75) is 0 Å². The third kappa shape index (κ3) is 3.54. The number of rotatable bonds is 4. The third-order valence-corrected chi connectivity index (χ3v) is 4.20. The Balaban J connectivity index is 1.80. The third-order valence-electron chi connectivity index (χ3n) is 3.33.